The molecule has 0 spiro atoms. The molecule has 4 nitrogen and oxygen atoms in total. The molecule has 1 fully saturated rings. The molecular formula is C25H28N4. The molecule has 2 unspecified atom stereocenters. The molecule has 1 aromatic carbocycles. The van der Waals surface area contributed by atoms with Crippen LogP contribution in [0.25, 0.3) is 0 Å². The zero-order valence-electron chi connectivity index (χ0n) is 16.8. The summed E-state index contributed by atoms with van der Waals surface area (Å²) in [5, 5.41) is 0. The van der Waals surface area contributed by atoms with Crippen LogP contribution in [0.1, 0.15) is 35.4 Å². The number of nitrogens with zero attached hydrogens (tertiary/aromatic N) is 4. The SMILES string of the molecule is c1cncc(CC2c3ccccc3N(Cc3cccnc3)CC2N2CCCC2)c1. The Morgan fingerprint density at radius 2 is 1.55 bits per heavy atom. The second-order valence-electron chi connectivity index (χ2n) is 8.28. The van der Waals surface area contributed by atoms with Gasteiger partial charge in [-0.1, -0.05) is 30.3 Å². The number of aromatic nitrogens is 2. The van der Waals surface area contributed by atoms with Gasteiger partial charge in [-0.25, -0.2) is 0 Å². The molecule has 3 aromatic rings. The first kappa shape index (κ1) is 18.3. The fraction of sp³-hybridized carbons (Fsp3) is 0.360. The number of pyridine rings is 2. The highest BCUT2D eigenvalue weighted by Gasteiger charge is 2.37. The average molecular weight is 385 g/mol. The minimum absolute atomic E-state index is 0.499. The third-order valence-corrected chi connectivity index (χ3v) is 6.43. The first-order chi connectivity index (χ1) is 14.4. The van der Waals surface area contributed by atoms with Crippen molar-refractivity contribution in [2.45, 2.75) is 37.8 Å². The molecule has 29 heavy (non-hydrogen) atoms. The summed E-state index contributed by atoms with van der Waals surface area (Å²) in [6.07, 6.45) is 11.4. The van der Waals surface area contributed by atoms with Crippen molar-refractivity contribution >= 4 is 5.69 Å². The summed E-state index contributed by atoms with van der Waals surface area (Å²) >= 11 is 0. The van der Waals surface area contributed by atoms with E-state index in [1.165, 1.54) is 48.3 Å². The van der Waals surface area contributed by atoms with Crippen LogP contribution in [-0.4, -0.2) is 40.5 Å². The zero-order valence-corrected chi connectivity index (χ0v) is 16.8. The number of rotatable bonds is 5. The quantitative estimate of drug-likeness (QED) is 0.657. The molecule has 2 atom stereocenters. The Morgan fingerprint density at radius 1 is 0.828 bits per heavy atom. The van der Waals surface area contributed by atoms with E-state index in [9.17, 15) is 0 Å². The molecule has 0 bridgehead atoms. The number of anilines is 1. The van der Waals surface area contributed by atoms with Gasteiger partial charge in [0, 0.05) is 55.5 Å². The van der Waals surface area contributed by atoms with Gasteiger partial charge in [-0.3, -0.25) is 14.9 Å². The smallest absolute Gasteiger partial charge is 0.0445 e. The van der Waals surface area contributed by atoms with Crippen molar-refractivity contribution in [1.29, 1.82) is 0 Å². The van der Waals surface area contributed by atoms with Gasteiger partial charge in [0.15, 0.2) is 0 Å². The predicted molar refractivity (Wildman–Crippen MR) is 117 cm³/mol. The minimum atomic E-state index is 0.499. The van der Waals surface area contributed by atoms with Gasteiger partial charge >= 0.3 is 0 Å². The molecular weight excluding hydrogens is 356 g/mol. The third-order valence-electron chi connectivity index (χ3n) is 6.43. The van der Waals surface area contributed by atoms with Crippen LogP contribution >= 0.6 is 0 Å². The van der Waals surface area contributed by atoms with Crippen LogP contribution in [0.4, 0.5) is 5.69 Å². The Bertz CT molecular complexity index is 922. The third kappa shape index (κ3) is 3.90. The van der Waals surface area contributed by atoms with E-state index in [4.69, 9.17) is 0 Å². The van der Waals surface area contributed by atoms with Crippen molar-refractivity contribution in [1.82, 2.24) is 14.9 Å². The van der Waals surface area contributed by atoms with Crippen molar-refractivity contribution in [2.24, 2.45) is 0 Å². The van der Waals surface area contributed by atoms with Crippen LogP contribution in [0, 0.1) is 0 Å². The molecule has 2 aliphatic rings. The van der Waals surface area contributed by atoms with Crippen molar-refractivity contribution in [3.8, 4) is 0 Å². The monoisotopic (exact) mass is 384 g/mol. The van der Waals surface area contributed by atoms with Crippen molar-refractivity contribution < 1.29 is 0 Å². The van der Waals surface area contributed by atoms with Crippen molar-refractivity contribution in [3.63, 3.8) is 0 Å². The van der Waals surface area contributed by atoms with Crippen LogP contribution in [0.5, 0.6) is 0 Å². The maximum absolute atomic E-state index is 4.37. The van der Waals surface area contributed by atoms with E-state index in [0.717, 1.165) is 19.5 Å². The summed E-state index contributed by atoms with van der Waals surface area (Å²) in [6.45, 7) is 4.42. The van der Waals surface area contributed by atoms with E-state index < -0.39 is 0 Å². The van der Waals surface area contributed by atoms with Crippen molar-refractivity contribution in [3.05, 3.63) is 90.0 Å². The van der Waals surface area contributed by atoms with Crippen LogP contribution in [-0.2, 0) is 13.0 Å². The van der Waals surface area contributed by atoms with E-state index in [1.54, 1.807) is 0 Å². The summed E-state index contributed by atoms with van der Waals surface area (Å²) in [5.74, 6) is 0.499. The summed E-state index contributed by atoms with van der Waals surface area (Å²) in [5.41, 5.74) is 5.45. The molecule has 148 valence electrons. The minimum Gasteiger partial charge on any atom is -0.365 e. The molecule has 0 saturated carbocycles. The molecule has 0 amide bonds. The topological polar surface area (TPSA) is 32.3 Å². The molecule has 5 rings (SSSR count). The standard InChI is InChI=1S/C25H28N4/c1-2-10-24-22(9-1)23(15-20-7-5-11-26-16-20)25(28-13-3-4-14-28)19-29(24)18-21-8-6-12-27-17-21/h1-2,5-12,16-17,23,25H,3-4,13-15,18-19H2. The second kappa shape index (κ2) is 8.34. The van der Waals surface area contributed by atoms with Gasteiger partial charge < -0.3 is 4.90 Å². The van der Waals surface area contributed by atoms with E-state index in [-0.39, 0.29) is 0 Å². The Hall–Kier alpha value is -2.72. The van der Waals surface area contributed by atoms with Crippen LogP contribution in [0.2, 0.25) is 0 Å². The lowest BCUT2D eigenvalue weighted by Gasteiger charge is -2.45. The predicted octanol–water partition coefficient (Wildman–Crippen LogP) is 4.29. The lowest BCUT2D eigenvalue weighted by atomic mass is 9.81. The van der Waals surface area contributed by atoms with E-state index >= 15 is 0 Å². The Balaban J connectivity index is 1.51. The lowest BCUT2D eigenvalue weighted by molar-refractivity contribution is 0.203. The van der Waals surface area contributed by atoms with Crippen LogP contribution < -0.4 is 4.90 Å². The summed E-state index contributed by atoms with van der Waals surface area (Å²) in [6, 6.07) is 18.0. The van der Waals surface area contributed by atoms with Gasteiger partial charge in [0.25, 0.3) is 0 Å². The van der Waals surface area contributed by atoms with E-state index in [0.29, 0.717) is 12.0 Å². The second-order valence-corrected chi connectivity index (χ2v) is 8.28. The first-order valence-electron chi connectivity index (χ1n) is 10.7. The van der Waals surface area contributed by atoms with Gasteiger partial charge in [-0.2, -0.15) is 0 Å². The Kier molecular flexibility index (Phi) is 5.27. The fourth-order valence-corrected chi connectivity index (χ4v) is 5.07. The van der Waals surface area contributed by atoms with Gasteiger partial charge in [0.2, 0.25) is 0 Å². The molecule has 2 aromatic heterocycles. The van der Waals surface area contributed by atoms with Crippen LogP contribution in [0.15, 0.2) is 73.3 Å². The van der Waals surface area contributed by atoms with Crippen LogP contribution in [0.3, 0.4) is 0 Å². The number of fused-ring (bicyclic) bond motifs is 1. The Morgan fingerprint density at radius 3 is 2.28 bits per heavy atom. The zero-order chi connectivity index (χ0) is 19.5. The van der Waals surface area contributed by atoms with E-state index in [2.05, 4.69) is 62.2 Å². The highest BCUT2D eigenvalue weighted by atomic mass is 15.2. The largest absolute Gasteiger partial charge is 0.365 e. The number of para-hydroxylation sites is 1. The summed E-state index contributed by atoms with van der Waals surface area (Å²) in [7, 11) is 0. The van der Waals surface area contributed by atoms with Gasteiger partial charge in [-0.15, -0.1) is 0 Å². The van der Waals surface area contributed by atoms with Gasteiger partial charge in [-0.05, 0) is 67.2 Å². The number of benzene rings is 1. The highest BCUT2D eigenvalue weighted by molar-refractivity contribution is 5.59. The molecule has 4 heteroatoms. The fourth-order valence-electron chi connectivity index (χ4n) is 5.07. The number of likely N-dealkylation sites (tertiary alicyclic amines) is 1. The maximum atomic E-state index is 4.37. The van der Waals surface area contributed by atoms with E-state index in [1.807, 2.05) is 30.9 Å². The lowest BCUT2D eigenvalue weighted by Crippen LogP contribution is -2.50. The van der Waals surface area contributed by atoms with Gasteiger partial charge in [0.05, 0.1) is 0 Å². The molecule has 0 N–H and O–H groups in total. The number of hydrogen-bond acceptors (Lipinski definition) is 4. The molecule has 1 saturated heterocycles. The van der Waals surface area contributed by atoms with Gasteiger partial charge in [0.1, 0.15) is 0 Å². The molecule has 0 radical (unpaired) electrons. The summed E-state index contributed by atoms with van der Waals surface area (Å²) < 4.78 is 0. The molecule has 0 aliphatic carbocycles. The maximum Gasteiger partial charge on any atom is 0.0445 e. The Labute approximate surface area is 173 Å². The summed E-state index contributed by atoms with van der Waals surface area (Å²) in [4.78, 5) is 14.0. The number of hydrogen-bond donors (Lipinski definition) is 0. The highest BCUT2D eigenvalue weighted by Crippen LogP contribution is 2.40. The normalized spacial score (nSPS) is 21.9. The molecule has 2 aliphatic heterocycles. The first-order valence-corrected chi connectivity index (χ1v) is 10.7. The van der Waals surface area contributed by atoms with Crippen molar-refractivity contribution in [2.75, 3.05) is 24.5 Å². The average Bonchev–Trinajstić information content (AvgIpc) is 3.31. The molecule has 4 heterocycles.